The van der Waals surface area contributed by atoms with Gasteiger partial charge in [0.2, 0.25) is 5.91 Å². The molecule has 1 aliphatic rings. The molecule has 0 radical (unpaired) electrons. The van der Waals surface area contributed by atoms with Crippen LogP contribution in [0.25, 0.3) is 11.3 Å². The molecule has 1 aliphatic heterocycles. The number of hydrogen-bond donors (Lipinski definition) is 0. The molecule has 3 rings (SSSR count). The molecular formula is C16H18N4O2S. The number of hydrogen-bond acceptors (Lipinski definition) is 5. The van der Waals surface area contributed by atoms with Crippen molar-refractivity contribution >= 4 is 23.4 Å². The lowest BCUT2D eigenvalue weighted by molar-refractivity contribution is -0.772. The van der Waals surface area contributed by atoms with Crippen LogP contribution in [0.15, 0.2) is 29.4 Å². The highest BCUT2D eigenvalue weighted by Crippen LogP contribution is 2.39. The van der Waals surface area contributed by atoms with Gasteiger partial charge in [-0.05, 0) is 18.4 Å². The van der Waals surface area contributed by atoms with Gasteiger partial charge in [0, 0.05) is 17.9 Å². The number of carbonyl (C=O) groups excluding carboxylic acids is 1. The summed E-state index contributed by atoms with van der Waals surface area (Å²) in [7, 11) is 0. The Morgan fingerprint density at radius 3 is 2.78 bits per heavy atom. The van der Waals surface area contributed by atoms with Crippen LogP contribution >= 0.6 is 11.8 Å². The molecule has 6 nitrogen and oxygen atoms in total. The van der Waals surface area contributed by atoms with Gasteiger partial charge in [-0.25, -0.2) is 9.88 Å². The number of aromatic nitrogens is 3. The lowest BCUT2D eigenvalue weighted by Crippen LogP contribution is -2.58. The van der Waals surface area contributed by atoms with Gasteiger partial charge in [-0.15, -0.1) is 0 Å². The van der Waals surface area contributed by atoms with Crippen LogP contribution in [-0.4, -0.2) is 22.2 Å². The summed E-state index contributed by atoms with van der Waals surface area (Å²) in [5, 5.41) is 17.4. The minimum absolute atomic E-state index is 0.0132. The predicted octanol–water partition coefficient (Wildman–Crippen LogP) is 1.89. The summed E-state index contributed by atoms with van der Waals surface area (Å²) in [5.74, 6) is -0.293. The zero-order chi connectivity index (χ0) is 16.6. The van der Waals surface area contributed by atoms with Crippen LogP contribution in [0.5, 0.6) is 5.88 Å². The van der Waals surface area contributed by atoms with Crippen molar-refractivity contribution in [1.82, 2.24) is 10.1 Å². The van der Waals surface area contributed by atoms with Gasteiger partial charge in [0.1, 0.15) is 0 Å². The zero-order valence-electron chi connectivity index (χ0n) is 13.3. The van der Waals surface area contributed by atoms with Gasteiger partial charge in [-0.2, -0.15) is 0 Å². The first-order valence-corrected chi connectivity index (χ1v) is 8.81. The van der Waals surface area contributed by atoms with E-state index in [1.54, 1.807) is 9.58 Å². The largest absolute Gasteiger partial charge is 0.854 e. The van der Waals surface area contributed by atoms with Crippen LogP contribution in [0.1, 0.15) is 32.9 Å². The maximum absolute atomic E-state index is 12.5. The summed E-state index contributed by atoms with van der Waals surface area (Å²) in [5.41, 5.74) is 1.91. The lowest BCUT2D eigenvalue weighted by atomic mass is 10.0. The van der Waals surface area contributed by atoms with Crippen LogP contribution in [-0.2, 0) is 4.79 Å². The fourth-order valence-electron chi connectivity index (χ4n) is 2.92. The quantitative estimate of drug-likeness (QED) is 0.635. The van der Waals surface area contributed by atoms with E-state index in [0.29, 0.717) is 29.3 Å². The molecule has 0 saturated carbocycles. The second-order valence-corrected chi connectivity index (χ2v) is 5.99. The number of fused-ring (bicyclic) bond motifs is 3. The predicted molar refractivity (Wildman–Crippen MR) is 86.0 cm³/mol. The standard InChI is InChI=1S/C16H18N4O2S/c1-4-12-19(13(21)5-2)11-9-7-6-8-10(11)14-15(22)17-16(23-3)18-20(12)14/h6-9,12H,4-5H2,1-3H3. The summed E-state index contributed by atoms with van der Waals surface area (Å²) in [4.78, 5) is 18.3. The maximum Gasteiger partial charge on any atom is 0.266 e. The summed E-state index contributed by atoms with van der Waals surface area (Å²) in [6, 6.07) is 7.44. The number of anilines is 1. The maximum atomic E-state index is 12.5. The molecule has 2 aromatic rings. The monoisotopic (exact) mass is 330 g/mol. The molecule has 0 bridgehead atoms. The van der Waals surface area contributed by atoms with E-state index in [4.69, 9.17) is 0 Å². The van der Waals surface area contributed by atoms with E-state index in [0.717, 1.165) is 5.69 Å². The Morgan fingerprint density at radius 1 is 1.39 bits per heavy atom. The third kappa shape index (κ3) is 2.45. The first kappa shape index (κ1) is 15.7. The Hall–Kier alpha value is -2.15. The topological polar surface area (TPSA) is 73.0 Å². The van der Waals surface area contributed by atoms with Crippen molar-refractivity contribution in [3.05, 3.63) is 24.3 Å². The molecule has 120 valence electrons. The number of carbonyl (C=O) groups is 1. The number of para-hydroxylation sites is 1. The van der Waals surface area contributed by atoms with Gasteiger partial charge in [0.15, 0.2) is 0 Å². The minimum Gasteiger partial charge on any atom is -0.854 e. The number of nitrogens with zero attached hydrogens (tertiary/aromatic N) is 4. The molecule has 0 fully saturated rings. The van der Waals surface area contributed by atoms with E-state index in [1.807, 2.05) is 44.4 Å². The van der Waals surface area contributed by atoms with E-state index in [1.165, 1.54) is 11.8 Å². The molecule has 0 N–H and O–H groups in total. The van der Waals surface area contributed by atoms with E-state index < -0.39 is 0 Å². The number of benzene rings is 1. The van der Waals surface area contributed by atoms with Crippen LogP contribution in [0.2, 0.25) is 0 Å². The molecule has 1 amide bonds. The molecule has 23 heavy (non-hydrogen) atoms. The highest BCUT2D eigenvalue weighted by atomic mass is 32.2. The van der Waals surface area contributed by atoms with Crippen molar-refractivity contribution in [2.75, 3.05) is 11.2 Å². The van der Waals surface area contributed by atoms with Gasteiger partial charge in [-0.1, -0.05) is 42.4 Å². The molecular weight excluding hydrogens is 312 g/mol. The smallest absolute Gasteiger partial charge is 0.266 e. The fraction of sp³-hybridized carbons (Fsp3) is 0.375. The lowest BCUT2D eigenvalue weighted by Gasteiger charge is -2.32. The average molecular weight is 330 g/mol. The van der Waals surface area contributed by atoms with Gasteiger partial charge >= 0.3 is 0 Å². The van der Waals surface area contributed by atoms with Gasteiger partial charge < -0.3 is 5.11 Å². The fourth-order valence-corrected chi connectivity index (χ4v) is 3.27. The number of amides is 1. The van der Waals surface area contributed by atoms with Crippen LogP contribution in [0.3, 0.4) is 0 Å². The van der Waals surface area contributed by atoms with Gasteiger partial charge in [-0.3, -0.25) is 4.79 Å². The molecule has 1 atom stereocenters. The Kier molecular flexibility index (Phi) is 4.21. The Balaban J connectivity index is 2.32. The second kappa shape index (κ2) is 6.16. The molecule has 1 aromatic carbocycles. The van der Waals surface area contributed by atoms with Gasteiger partial charge in [0.25, 0.3) is 17.0 Å². The van der Waals surface area contributed by atoms with Crippen molar-refractivity contribution in [1.29, 1.82) is 0 Å². The SMILES string of the molecule is CCC(=O)N1c2ccccc2-c2c([O-])nc(SC)n[n+]2C1CC. The normalized spacial score (nSPS) is 16.0. The van der Waals surface area contributed by atoms with E-state index in [2.05, 4.69) is 10.1 Å². The Labute approximate surface area is 139 Å². The molecule has 0 saturated heterocycles. The van der Waals surface area contributed by atoms with Crippen molar-refractivity contribution in [3.63, 3.8) is 0 Å². The Morgan fingerprint density at radius 2 is 2.13 bits per heavy atom. The van der Waals surface area contributed by atoms with E-state index in [-0.39, 0.29) is 18.0 Å². The summed E-state index contributed by atoms with van der Waals surface area (Å²) < 4.78 is 1.66. The zero-order valence-corrected chi connectivity index (χ0v) is 14.1. The van der Waals surface area contributed by atoms with Crippen LogP contribution in [0.4, 0.5) is 5.69 Å². The first-order valence-electron chi connectivity index (χ1n) is 7.58. The number of thioether (sulfide) groups is 1. The summed E-state index contributed by atoms with van der Waals surface area (Å²) in [6.07, 6.45) is 2.57. The molecule has 7 heteroatoms. The van der Waals surface area contributed by atoms with Crippen LogP contribution < -0.4 is 14.7 Å². The molecule has 0 aliphatic carbocycles. The third-order valence-corrected chi connectivity index (χ3v) is 4.48. The first-order chi connectivity index (χ1) is 11.1. The minimum atomic E-state index is -0.311. The van der Waals surface area contributed by atoms with Crippen molar-refractivity contribution in [2.45, 2.75) is 38.0 Å². The Bertz CT molecular complexity index is 766. The highest BCUT2D eigenvalue weighted by Gasteiger charge is 2.41. The molecule has 2 heterocycles. The second-order valence-electron chi connectivity index (χ2n) is 5.22. The molecule has 1 unspecified atom stereocenters. The summed E-state index contributed by atoms with van der Waals surface area (Å²) >= 11 is 1.32. The molecule has 1 aromatic heterocycles. The van der Waals surface area contributed by atoms with Crippen molar-refractivity contribution in [2.24, 2.45) is 0 Å². The van der Waals surface area contributed by atoms with Crippen molar-refractivity contribution < 1.29 is 14.6 Å². The number of rotatable bonds is 3. The average Bonchev–Trinajstić information content (AvgIpc) is 2.59. The highest BCUT2D eigenvalue weighted by molar-refractivity contribution is 7.98. The van der Waals surface area contributed by atoms with Crippen molar-refractivity contribution in [3.8, 4) is 17.1 Å². The van der Waals surface area contributed by atoms with Crippen LogP contribution in [0, 0.1) is 0 Å². The summed E-state index contributed by atoms with van der Waals surface area (Å²) in [6.45, 7) is 3.82. The van der Waals surface area contributed by atoms with E-state index in [9.17, 15) is 9.90 Å². The van der Waals surface area contributed by atoms with E-state index >= 15 is 0 Å². The third-order valence-electron chi connectivity index (χ3n) is 3.94. The molecule has 0 spiro atoms. The van der Waals surface area contributed by atoms with Gasteiger partial charge in [0.05, 0.1) is 17.1 Å².